The van der Waals surface area contributed by atoms with Crippen LogP contribution in [-0.4, -0.2) is 54.8 Å². The van der Waals surface area contributed by atoms with Crippen LogP contribution in [0.2, 0.25) is 0 Å². The first-order valence-electron chi connectivity index (χ1n) is 8.90. The molecule has 1 aliphatic carbocycles. The molecule has 1 saturated heterocycles. The minimum atomic E-state index is -0.497. The van der Waals surface area contributed by atoms with E-state index < -0.39 is 5.97 Å². The van der Waals surface area contributed by atoms with Gasteiger partial charge < -0.3 is 19.5 Å². The molecule has 3 rings (SSSR count). The third kappa shape index (κ3) is 3.95. The van der Waals surface area contributed by atoms with Gasteiger partial charge in [0, 0.05) is 12.1 Å². The van der Waals surface area contributed by atoms with Crippen molar-refractivity contribution in [2.45, 2.75) is 38.1 Å². The molecule has 6 nitrogen and oxygen atoms in total. The lowest BCUT2D eigenvalue weighted by molar-refractivity contribution is 0.0600. The number of carbonyl (C=O) groups excluding carboxylic acids is 2. The number of aliphatic hydroxyl groups excluding tert-OH is 1. The van der Waals surface area contributed by atoms with E-state index in [9.17, 15) is 14.7 Å². The van der Waals surface area contributed by atoms with Gasteiger partial charge in [-0.3, -0.25) is 4.79 Å². The van der Waals surface area contributed by atoms with Crippen molar-refractivity contribution in [3.63, 3.8) is 0 Å². The molecule has 2 aliphatic rings. The van der Waals surface area contributed by atoms with Crippen molar-refractivity contribution in [2.24, 2.45) is 5.92 Å². The fraction of sp³-hybridized carbons (Fsp3) is 0.579. The molecule has 1 aromatic rings. The summed E-state index contributed by atoms with van der Waals surface area (Å²) in [5, 5.41) is 9.45. The number of hydrogen-bond donors (Lipinski definition) is 1. The monoisotopic (exact) mass is 347 g/mol. The average molecular weight is 347 g/mol. The molecular formula is C19H25NO5. The number of ether oxygens (including phenoxy) is 2. The molecule has 0 spiro atoms. The third-order valence-corrected chi connectivity index (χ3v) is 5.13. The molecule has 2 fully saturated rings. The zero-order chi connectivity index (χ0) is 17.8. The first-order chi connectivity index (χ1) is 12.1. The van der Waals surface area contributed by atoms with E-state index in [-0.39, 0.29) is 18.6 Å². The van der Waals surface area contributed by atoms with Crippen LogP contribution in [-0.2, 0) is 4.74 Å². The summed E-state index contributed by atoms with van der Waals surface area (Å²) < 4.78 is 10.6. The van der Waals surface area contributed by atoms with Crippen molar-refractivity contribution < 1.29 is 24.2 Å². The summed E-state index contributed by atoms with van der Waals surface area (Å²) in [6, 6.07) is 4.68. The Bertz CT molecular complexity index is 641. The van der Waals surface area contributed by atoms with Crippen molar-refractivity contribution in [2.75, 3.05) is 26.9 Å². The molecule has 1 aromatic carbocycles. The predicted octanol–water partition coefficient (Wildman–Crippen LogP) is 2.25. The largest absolute Gasteiger partial charge is 0.493 e. The number of nitrogens with zero attached hydrogens (tertiary/aromatic N) is 1. The molecule has 1 heterocycles. The Morgan fingerprint density at radius 2 is 1.92 bits per heavy atom. The van der Waals surface area contributed by atoms with E-state index in [1.807, 2.05) is 0 Å². The van der Waals surface area contributed by atoms with Crippen LogP contribution in [0, 0.1) is 5.92 Å². The SMILES string of the molecule is COC(=O)c1cc(OCC2CCC2)cc(C(=O)N2CCC[C@H]2CO)c1. The molecule has 25 heavy (non-hydrogen) atoms. The van der Waals surface area contributed by atoms with Gasteiger partial charge in [-0.05, 0) is 49.8 Å². The van der Waals surface area contributed by atoms with Crippen molar-refractivity contribution in [1.29, 1.82) is 0 Å². The number of amides is 1. The number of esters is 1. The van der Waals surface area contributed by atoms with Crippen LogP contribution in [0.25, 0.3) is 0 Å². The smallest absolute Gasteiger partial charge is 0.338 e. The lowest BCUT2D eigenvalue weighted by Gasteiger charge is -2.26. The Hall–Kier alpha value is -2.08. The lowest BCUT2D eigenvalue weighted by Crippen LogP contribution is -2.37. The molecule has 6 heteroatoms. The number of aliphatic hydroxyl groups is 1. The Morgan fingerprint density at radius 1 is 1.16 bits per heavy atom. The first-order valence-corrected chi connectivity index (χ1v) is 8.90. The number of methoxy groups -OCH3 is 1. The highest BCUT2D eigenvalue weighted by Crippen LogP contribution is 2.28. The zero-order valence-electron chi connectivity index (χ0n) is 14.6. The number of rotatable bonds is 6. The average Bonchev–Trinajstić information content (AvgIpc) is 3.07. The van der Waals surface area contributed by atoms with E-state index in [0.29, 0.717) is 35.9 Å². The first kappa shape index (κ1) is 17.7. The molecule has 0 unspecified atom stereocenters. The van der Waals surface area contributed by atoms with Crippen LogP contribution in [0.4, 0.5) is 0 Å². The van der Waals surface area contributed by atoms with Crippen molar-refractivity contribution in [3.8, 4) is 5.75 Å². The van der Waals surface area contributed by atoms with E-state index in [1.165, 1.54) is 19.6 Å². The van der Waals surface area contributed by atoms with Crippen LogP contribution >= 0.6 is 0 Å². The van der Waals surface area contributed by atoms with Gasteiger partial charge in [0.15, 0.2) is 0 Å². The molecule has 0 bridgehead atoms. The van der Waals surface area contributed by atoms with E-state index in [1.54, 1.807) is 17.0 Å². The number of benzene rings is 1. The molecular weight excluding hydrogens is 322 g/mol. The topological polar surface area (TPSA) is 76.1 Å². The van der Waals surface area contributed by atoms with Gasteiger partial charge in [-0.15, -0.1) is 0 Å². The quantitative estimate of drug-likeness (QED) is 0.799. The van der Waals surface area contributed by atoms with Crippen molar-refractivity contribution >= 4 is 11.9 Å². The minimum absolute atomic E-state index is 0.0481. The van der Waals surface area contributed by atoms with Crippen molar-refractivity contribution in [3.05, 3.63) is 29.3 Å². The maximum Gasteiger partial charge on any atom is 0.338 e. The van der Waals surface area contributed by atoms with Gasteiger partial charge in [-0.1, -0.05) is 6.42 Å². The van der Waals surface area contributed by atoms with Gasteiger partial charge in [0.25, 0.3) is 5.91 Å². The Morgan fingerprint density at radius 3 is 2.56 bits per heavy atom. The summed E-state index contributed by atoms with van der Waals surface area (Å²) in [5.74, 6) is 0.384. The van der Waals surface area contributed by atoms with Gasteiger partial charge in [-0.25, -0.2) is 4.79 Å². The standard InChI is InChI=1S/C19H25NO5/c1-24-19(23)15-8-14(18(22)20-7-3-6-16(20)11-21)9-17(10-15)25-12-13-4-2-5-13/h8-10,13,16,21H,2-7,11-12H2,1H3/t16-/m0/s1. The summed E-state index contributed by atoms with van der Waals surface area (Å²) in [4.78, 5) is 26.5. The van der Waals surface area contributed by atoms with Gasteiger partial charge in [0.05, 0.1) is 31.9 Å². The second kappa shape index (κ2) is 7.87. The van der Waals surface area contributed by atoms with Crippen molar-refractivity contribution in [1.82, 2.24) is 4.90 Å². The van der Waals surface area contributed by atoms with Crippen LogP contribution in [0.15, 0.2) is 18.2 Å². The molecule has 0 radical (unpaired) electrons. The van der Waals surface area contributed by atoms with E-state index >= 15 is 0 Å². The second-order valence-electron chi connectivity index (χ2n) is 6.82. The van der Waals surface area contributed by atoms with Gasteiger partial charge in [-0.2, -0.15) is 0 Å². The summed E-state index contributed by atoms with van der Waals surface area (Å²) in [6.07, 6.45) is 5.23. The van der Waals surface area contributed by atoms with E-state index in [4.69, 9.17) is 9.47 Å². The van der Waals surface area contributed by atoms with E-state index in [2.05, 4.69) is 0 Å². The van der Waals surface area contributed by atoms with E-state index in [0.717, 1.165) is 25.7 Å². The number of hydrogen-bond acceptors (Lipinski definition) is 5. The Kier molecular flexibility index (Phi) is 5.58. The van der Waals surface area contributed by atoms with Gasteiger partial charge in [0.1, 0.15) is 5.75 Å². The highest BCUT2D eigenvalue weighted by Gasteiger charge is 2.29. The summed E-state index contributed by atoms with van der Waals surface area (Å²) in [6.45, 7) is 1.17. The second-order valence-corrected chi connectivity index (χ2v) is 6.82. The summed E-state index contributed by atoms with van der Waals surface area (Å²) >= 11 is 0. The molecule has 136 valence electrons. The van der Waals surface area contributed by atoms with Gasteiger partial charge >= 0.3 is 5.97 Å². The maximum absolute atomic E-state index is 12.8. The summed E-state index contributed by atoms with van der Waals surface area (Å²) in [5.41, 5.74) is 0.698. The Balaban J connectivity index is 1.82. The van der Waals surface area contributed by atoms with Crippen LogP contribution in [0.3, 0.4) is 0 Å². The summed E-state index contributed by atoms with van der Waals surface area (Å²) in [7, 11) is 1.31. The van der Waals surface area contributed by atoms with Crippen LogP contribution < -0.4 is 4.74 Å². The normalized spacial score (nSPS) is 20.2. The van der Waals surface area contributed by atoms with Crippen LogP contribution in [0.5, 0.6) is 5.75 Å². The molecule has 1 amide bonds. The zero-order valence-corrected chi connectivity index (χ0v) is 14.6. The molecule has 1 saturated carbocycles. The lowest BCUT2D eigenvalue weighted by atomic mass is 9.86. The molecule has 1 aliphatic heterocycles. The number of carbonyl (C=O) groups is 2. The predicted molar refractivity (Wildman–Crippen MR) is 91.8 cm³/mol. The fourth-order valence-corrected chi connectivity index (χ4v) is 3.37. The minimum Gasteiger partial charge on any atom is -0.493 e. The molecule has 1 N–H and O–H groups in total. The van der Waals surface area contributed by atoms with Crippen LogP contribution in [0.1, 0.15) is 52.8 Å². The molecule has 1 atom stereocenters. The highest BCUT2D eigenvalue weighted by atomic mass is 16.5. The fourth-order valence-electron chi connectivity index (χ4n) is 3.37. The van der Waals surface area contributed by atoms with Gasteiger partial charge in [0.2, 0.25) is 0 Å². The number of likely N-dealkylation sites (tertiary alicyclic amines) is 1. The highest BCUT2D eigenvalue weighted by molar-refractivity contribution is 5.98. The Labute approximate surface area is 147 Å². The molecule has 0 aromatic heterocycles. The maximum atomic E-state index is 12.8. The third-order valence-electron chi connectivity index (χ3n) is 5.13.